The zero-order chi connectivity index (χ0) is 10.7. The van der Waals surface area contributed by atoms with Crippen LogP contribution in [0.5, 0.6) is 0 Å². The molecular weight excluding hydrogens is 216 g/mol. The first-order valence-corrected chi connectivity index (χ1v) is 4.91. The van der Waals surface area contributed by atoms with Gasteiger partial charge in [-0.2, -0.15) is 0 Å². The Balaban J connectivity index is 2.13. The molecule has 0 aliphatic heterocycles. The predicted octanol–water partition coefficient (Wildman–Crippen LogP) is 2.65. The van der Waals surface area contributed by atoms with E-state index in [4.69, 9.17) is 8.83 Å². The summed E-state index contributed by atoms with van der Waals surface area (Å²) >= 11 is 1.21. The summed E-state index contributed by atoms with van der Waals surface area (Å²) in [4.78, 5) is 20.7. The number of rotatable bonds is 4. The summed E-state index contributed by atoms with van der Waals surface area (Å²) in [6.45, 7) is 0. The molecule has 0 saturated heterocycles. The molecule has 0 N–H and O–H groups in total. The summed E-state index contributed by atoms with van der Waals surface area (Å²) in [5.41, 5.74) is 0. The molecule has 0 fully saturated rings. The SMILES string of the molecule is O=Cc1ccc(Sc2ccc(C=O)o2)o1. The summed E-state index contributed by atoms with van der Waals surface area (Å²) < 4.78 is 10.3. The third-order valence-electron chi connectivity index (χ3n) is 1.64. The zero-order valence-corrected chi connectivity index (χ0v) is 8.32. The Labute approximate surface area is 89.3 Å². The Morgan fingerprint density at radius 2 is 1.33 bits per heavy atom. The van der Waals surface area contributed by atoms with Crippen molar-refractivity contribution in [3.05, 3.63) is 35.8 Å². The number of carbonyl (C=O) groups is 2. The first-order chi connectivity index (χ1) is 7.31. The quantitative estimate of drug-likeness (QED) is 0.744. The van der Waals surface area contributed by atoms with E-state index in [1.54, 1.807) is 24.3 Å². The summed E-state index contributed by atoms with van der Waals surface area (Å²) in [6, 6.07) is 6.47. The van der Waals surface area contributed by atoms with Gasteiger partial charge < -0.3 is 8.83 Å². The fourth-order valence-corrected chi connectivity index (χ4v) is 1.75. The van der Waals surface area contributed by atoms with E-state index in [2.05, 4.69) is 0 Å². The van der Waals surface area contributed by atoms with Crippen molar-refractivity contribution in [2.75, 3.05) is 0 Å². The van der Waals surface area contributed by atoms with Gasteiger partial charge in [-0.3, -0.25) is 9.59 Å². The van der Waals surface area contributed by atoms with Crippen LogP contribution in [0.15, 0.2) is 43.3 Å². The third-order valence-corrected chi connectivity index (χ3v) is 2.48. The van der Waals surface area contributed by atoms with E-state index < -0.39 is 0 Å². The molecule has 76 valence electrons. The van der Waals surface area contributed by atoms with Gasteiger partial charge in [0.05, 0.1) is 0 Å². The minimum absolute atomic E-state index is 0.264. The first-order valence-electron chi connectivity index (χ1n) is 4.09. The highest BCUT2D eigenvalue weighted by Crippen LogP contribution is 2.29. The van der Waals surface area contributed by atoms with Crippen molar-refractivity contribution < 1.29 is 18.4 Å². The molecule has 0 spiro atoms. The van der Waals surface area contributed by atoms with Gasteiger partial charge in [0.15, 0.2) is 34.3 Å². The highest BCUT2D eigenvalue weighted by Gasteiger charge is 2.07. The molecule has 0 bridgehead atoms. The van der Waals surface area contributed by atoms with Crippen LogP contribution in [0.2, 0.25) is 0 Å². The average Bonchev–Trinajstić information content (AvgIpc) is 2.87. The van der Waals surface area contributed by atoms with Gasteiger partial charge >= 0.3 is 0 Å². The monoisotopic (exact) mass is 222 g/mol. The molecule has 0 radical (unpaired) electrons. The molecular formula is C10H6O4S. The minimum atomic E-state index is 0.264. The molecule has 0 saturated carbocycles. The molecule has 0 atom stereocenters. The van der Waals surface area contributed by atoms with Gasteiger partial charge in [-0.25, -0.2) is 0 Å². The van der Waals surface area contributed by atoms with Gasteiger partial charge in [0, 0.05) is 0 Å². The van der Waals surface area contributed by atoms with E-state index in [1.807, 2.05) is 0 Å². The zero-order valence-electron chi connectivity index (χ0n) is 7.51. The van der Waals surface area contributed by atoms with E-state index >= 15 is 0 Å². The molecule has 2 aromatic heterocycles. The van der Waals surface area contributed by atoms with Crippen molar-refractivity contribution in [1.29, 1.82) is 0 Å². The summed E-state index contributed by atoms with van der Waals surface area (Å²) in [7, 11) is 0. The number of carbonyl (C=O) groups excluding carboxylic acids is 2. The maximum absolute atomic E-state index is 10.3. The smallest absolute Gasteiger partial charge is 0.185 e. The second kappa shape index (κ2) is 4.18. The molecule has 4 nitrogen and oxygen atoms in total. The average molecular weight is 222 g/mol. The van der Waals surface area contributed by atoms with Gasteiger partial charge in [-0.15, -0.1) is 0 Å². The highest BCUT2D eigenvalue weighted by atomic mass is 32.2. The molecule has 15 heavy (non-hydrogen) atoms. The minimum Gasteiger partial charge on any atom is -0.447 e. The van der Waals surface area contributed by atoms with E-state index in [9.17, 15) is 9.59 Å². The second-order valence-electron chi connectivity index (χ2n) is 2.65. The number of hydrogen-bond donors (Lipinski definition) is 0. The summed E-state index contributed by atoms with van der Waals surface area (Å²) in [5, 5.41) is 1.09. The van der Waals surface area contributed by atoms with Crippen LogP contribution in [0.3, 0.4) is 0 Å². The maximum Gasteiger partial charge on any atom is 0.185 e. The van der Waals surface area contributed by atoms with Gasteiger partial charge in [-0.05, 0) is 36.0 Å². The Hall–Kier alpha value is -1.75. The summed E-state index contributed by atoms with van der Waals surface area (Å²) in [6.07, 6.45) is 1.26. The van der Waals surface area contributed by atoms with Crippen molar-refractivity contribution >= 4 is 24.3 Å². The molecule has 2 aromatic rings. The molecule has 0 amide bonds. The molecule has 0 aliphatic carbocycles. The van der Waals surface area contributed by atoms with Crippen molar-refractivity contribution in [3.63, 3.8) is 0 Å². The Morgan fingerprint density at radius 3 is 1.67 bits per heavy atom. The molecule has 0 aliphatic rings. The lowest BCUT2D eigenvalue weighted by Gasteiger charge is -1.90. The second-order valence-corrected chi connectivity index (χ2v) is 3.66. The third kappa shape index (κ3) is 2.19. The van der Waals surface area contributed by atoms with Crippen LogP contribution in [0.4, 0.5) is 0 Å². The van der Waals surface area contributed by atoms with E-state index in [1.165, 1.54) is 11.8 Å². The number of furan rings is 2. The summed E-state index contributed by atoms with van der Waals surface area (Å²) in [5.74, 6) is 0.527. The Kier molecular flexibility index (Phi) is 2.73. The standard InChI is InChI=1S/C10H6O4S/c11-5-7-1-3-9(13-7)15-10-4-2-8(6-12)14-10/h1-6H. The maximum atomic E-state index is 10.3. The molecule has 0 aromatic carbocycles. The van der Waals surface area contributed by atoms with Crippen LogP contribution < -0.4 is 0 Å². The molecule has 5 heteroatoms. The number of hydrogen-bond acceptors (Lipinski definition) is 5. The first kappa shape index (κ1) is 9.79. The van der Waals surface area contributed by atoms with Crippen LogP contribution >= 0.6 is 11.8 Å². The largest absolute Gasteiger partial charge is 0.447 e. The van der Waals surface area contributed by atoms with Gasteiger partial charge in [0.1, 0.15) is 0 Å². The van der Waals surface area contributed by atoms with Crippen LogP contribution in [0.25, 0.3) is 0 Å². The van der Waals surface area contributed by atoms with Crippen molar-refractivity contribution in [3.8, 4) is 0 Å². The lowest BCUT2D eigenvalue weighted by Crippen LogP contribution is -1.69. The molecule has 2 rings (SSSR count). The van der Waals surface area contributed by atoms with E-state index in [-0.39, 0.29) is 11.5 Å². The lowest BCUT2D eigenvalue weighted by atomic mass is 10.5. The highest BCUT2D eigenvalue weighted by molar-refractivity contribution is 7.99. The van der Waals surface area contributed by atoms with Crippen LogP contribution in [-0.4, -0.2) is 12.6 Å². The normalized spacial score (nSPS) is 10.1. The predicted molar refractivity (Wildman–Crippen MR) is 52.3 cm³/mol. The van der Waals surface area contributed by atoms with Crippen molar-refractivity contribution in [1.82, 2.24) is 0 Å². The van der Waals surface area contributed by atoms with Crippen molar-refractivity contribution in [2.24, 2.45) is 0 Å². The topological polar surface area (TPSA) is 60.4 Å². The van der Waals surface area contributed by atoms with Gasteiger partial charge in [0.25, 0.3) is 0 Å². The van der Waals surface area contributed by atoms with E-state index in [0.29, 0.717) is 22.8 Å². The van der Waals surface area contributed by atoms with Crippen LogP contribution in [0.1, 0.15) is 21.1 Å². The fraction of sp³-hybridized carbons (Fsp3) is 0. The van der Waals surface area contributed by atoms with Crippen molar-refractivity contribution in [2.45, 2.75) is 10.2 Å². The number of aldehydes is 2. The van der Waals surface area contributed by atoms with E-state index in [0.717, 1.165) is 0 Å². The van der Waals surface area contributed by atoms with Crippen LogP contribution in [0, 0.1) is 0 Å². The van der Waals surface area contributed by atoms with Crippen LogP contribution in [-0.2, 0) is 0 Å². The fourth-order valence-electron chi connectivity index (χ4n) is 1.00. The Bertz CT molecular complexity index is 439. The molecule has 0 unspecified atom stereocenters. The lowest BCUT2D eigenvalue weighted by molar-refractivity contribution is 0.109. The van der Waals surface area contributed by atoms with Gasteiger partial charge in [0.2, 0.25) is 0 Å². The van der Waals surface area contributed by atoms with Gasteiger partial charge in [-0.1, -0.05) is 0 Å². The Morgan fingerprint density at radius 1 is 0.867 bits per heavy atom. The molecule has 2 heterocycles.